The Balaban J connectivity index is 1.71. The lowest BCUT2D eigenvalue weighted by atomic mass is 10.2. The van der Waals surface area contributed by atoms with Gasteiger partial charge < -0.3 is 10.6 Å². The normalized spacial score (nSPS) is 14.5. The van der Waals surface area contributed by atoms with Gasteiger partial charge in [0.25, 0.3) is 0 Å². The van der Waals surface area contributed by atoms with Gasteiger partial charge in [-0.1, -0.05) is 12.1 Å². The molecular weight excluding hydrogens is 244 g/mol. The van der Waals surface area contributed by atoms with Crippen LogP contribution in [0.25, 0.3) is 0 Å². The summed E-state index contributed by atoms with van der Waals surface area (Å²) < 4.78 is 0. The number of amides is 1. The molecule has 1 aromatic rings. The molecule has 0 aromatic heterocycles. The van der Waals surface area contributed by atoms with Crippen molar-refractivity contribution in [1.82, 2.24) is 10.6 Å². The maximum absolute atomic E-state index is 11.5. The van der Waals surface area contributed by atoms with E-state index < -0.39 is 0 Å². The minimum absolute atomic E-state index is 0.191. The molecule has 0 bridgehead atoms. The number of hydrogen-bond acceptors (Lipinski definition) is 3. The average molecular weight is 264 g/mol. The third-order valence-electron chi connectivity index (χ3n) is 2.82. The zero-order chi connectivity index (χ0) is 12.8. The van der Waals surface area contributed by atoms with Gasteiger partial charge in [-0.25, -0.2) is 0 Å². The highest BCUT2D eigenvalue weighted by atomic mass is 32.2. The summed E-state index contributed by atoms with van der Waals surface area (Å²) in [4.78, 5) is 12.8. The molecule has 1 aromatic carbocycles. The van der Waals surface area contributed by atoms with E-state index in [1.165, 1.54) is 10.5 Å². The van der Waals surface area contributed by atoms with Gasteiger partial charge in [0.1, 0.15) is 0 Å². The fraction of sp³-hybridized carbons (Fsp3) is 0.500. The predicted molar refractivity (Wildman–Crippen MR) is 75.7 cm³/mol. The number of nitrogens with one attached hydrogen (secondary N) is 2. The van der Waals surface area contributed by atoms with Crippen LogP contribution in [-0.4, -0.2) is 24.7 Å². The van der Waals surface area contributed by atoms with Crippen LogP contribution < -0.4 is 10.6 Å². The zero-order valence-corrected chi connectivity index (χ0v) is 11.6. The van der Waals surface area contributed by atoms with E-state index in [9.17, 15) is 4.79 Å². The molecule has 3 nitrogen and oxygen atoms in total. The fourth-order valence-electron chi connectivity index (χ4n) is 1.74. The summed E-state index contributed by atoms with van der Waals surface area (Å²) in [6.07, 6.45) is 2.92. The summed E-state index contributed by atoms with van der Waals surface area (Å²) in [7, 11) is 1.95. The Hall–Kier alpha value is -1.00. The van der Waals surface area contributed by atoms with E-state index in [1.54, 1.807) is 11.8 Å². The summed E-state index contributed by atoms with van der Waals surface area (Å²) in [6, 6.07) is 8.93. The second-order valence-electron chi connectivity index (χ2n) is 4.62. The minimum Gasteiger partial charge on any atom is -0.353 e. The lowest BCUT2D eigenvalue weighted by Crippen LogP contribution is -2.25. The smallest absolute Gasteiger partial charge is 0.221 e. The molecule has 1 aliphatic carbocycles. The molecule has 0 heterocycles. The molecule has 0 atom stereocenters. The Morgan fingerprint density at radius 2 is 2.28 bits per heavy atom. The average Bonchev–Trinajstić information content (AvgIpc) is 3.14. The van der Waals surface area contributed by atoms with Crippen molar-refractivity contribution >= 4 is 17.7 Å². The molecule has 0 aliphatic heterocycles. The molecule has 0 unspecified atom stereocenters. The van der Waals surface area contributed by atoms with E-state index in [4.69, 9.17) is 0 Å². The van der Waals surface area contributed by atoms with Crippen molar-refractivity contribution in [2.24, 2.45) is 0 Å². The van der Waals surface area contributed by atoms with Crippen LogP contribution in [0.5, 0.6) is 0 Å². The molecule has 1 saturated carbocycles. The fourth-order valence-corrected chi connectivity index (χ4v) is 2.67. The topological polar surface area (TPSA) is 41.1 Å². The number of benzene rings is 1. The SMILES string of the molecule is CNCc1cccc(SCCC(=O)NC2CC2)c1. The van der Waals surface area contributed by atoms with Crippen molar-refractivity contribution in [3.63, 3.8) is 0 Å². The highest BCUT2D eigenvalue weighted by molar-refractivity contribution is 7.99. The van der Waals surface area contributed by atoms with Crippen LogP contribution in [-0.2, 0) is 11.3 Å². The first-order valence-corrected chi connectivity index (χ1v) is 7.42. The minimum atomic E-state index is 0.191. The van der Waals surface area contributed by atoms with Crippen LogP contribution in [0.1, 0.15) is 24.8 Å². The van der Waals surface area contributed by atoms with Gasteiger partial charge in [0.2, 0.25) is 5.91 Å². The molecule has 1 aliphatic rings. The number of carbonyl (C=O) groups excluding carboxylic acids is 1. The lowest BCUT2D eigenvalue weighted by Gasteiger charge is -2.05. The molecular formula is C14H20N2OS. The number of hydrogen-bond donors (Lipinski definition) is 2. The van der Waals surface area contributed by atoms with Crippen LogP contribution in [0.2, 0.25) is 0 Å². The van der Waals surface area contributed by atoms with E-state index in [0.29, 0.717) is 12.5 Å². The summed E-state index contributed by atoms with van der Waals surface area (Å²) >= 11 is 1.75. The summed E-state index contributed by atoms with van der Waals surface area (Å²) in [5.41, 5.74) is 1.28. The van der Waals surface area contributed by atoms with Crippen molar-refractivity contribution in [2.75, 3.05) is 12.8 Å². The number of thioether (sulfide) groups is 1. The Labute approximate surface area is 113 Å². The predicted octanol–water partition coefficient (Wildman–Crippen LogP) is 2.17. The second-order valence-corrected chi connectivity index (χ2v) is 5.79. The molecule has 4 heteroatoms. The highest BCUT2D eigenvalue weighted by Gasteiger charge is 2.22. The maximum atomic E-state index is 11.5. The van der Waals surface area contributed by atoms with E-state index in [-0.39, 0.29) is 5.91 Å². The Morgan fingerprint density at radius 1 is 1.44 bits per heavy atom. The second kappa shape index (κ2) is 6.81. The Morgan fingerprint density at radius 3 is 3.00 bits per heavy atom. The van der Waals surface area contributed by atoms with Crippen LogP contribution in [0.3, 0.4) is 0 Å². The van der Waals surface area contributed by atoms with Crippen molar-refractivity contribution in [2.45, 2.75) is 36.7 Å². The monoisotopic (exact) mass is 264 g/mol. The Kier molecular flexibility index (Phi) is 5.08. The van der Waals surface area contributed by atoms with Crippen LogP contribution in [0.4, 0.5) is 0 Å². The van der Waals surface area contributed by atoms with Crippen LogP contribution in [0, 0.1) is 0 Å². The van der Waals surface area contributed by atoms with E-state index in [0.717, 1.165) is 25.1 Å². The summed E-state index contributed by atoms with van der Waals surface area (Å²) in [5.74, 6) is 1.04. The highest BCUT2D eigenvalue weighted by Crippen LogP contribution is 2.21. The molecule has 2 rings (SSSR count). The Bertz CT molecular complexity index is 405. The van der Waals surface area contributed by atoms with Gasteiger partial charge in [-0.05, 0) is 37.6 Å². The van der Waals surface area contributed by atoms with E-state index >= 15 is 0 Å². The quantitative estimate of drug-likeness (QED) is 0.742. The molecule has 1 fully saturated rings. The van der Waals surface area contributed by atoms with Crippen molar-refractivity contribution in [3.05, 3.63) is 29.8 Å². The van der Waals surface area contributed by atoms with E-state index in [1.807, 2.05) is 7.05 Å². The van der Waals surface area contributed by atoms with Crippen molar-refractivity contribution < 1.29 is 4.79 Å². The first-order chi connectivity index (χ1) is 8.78. The third-order valence-corrected chi connectivity index (χ3v) is 3.82. The molecule has 1 amide bonds. The number of carbonyl (C=O) groups is 1. The van der Waals surface area contributed by atoms with E-state index in [2.05, 4.69) is 34.9 Å². The molecule has 0 saturated heterocycles. The standard InChI is InChI=1S/C14H20N2OS/c1-15-10-11-3-2-4-13(9-11)18-8-7-14(17)16-12-5-6-12/h2-4,9,12,15H,5-8,10H2,1H3,(H,16,17). The van der Waals surface area contributed by atoms with Crippen LogP contribution >= 0.6 is 11.8 Å². The third kappa shape index (κ3) is 4.70. The van der Waals surface area contributed by atoms with Gasteiger partial charge in [-0.15, -0.1) is 11.8 Å². The van der Waals surface area contributed by atoms with Gasteiger partial charge in [-0.3, -0.25) is 4.79 Å². The van der Waals surface area contributed by atoms with Gasteiger partial charge in [-0.2, -0.15) is 0 Å². The number of rotatable bonds is 7. The molecule has 2 N–H and O–H groups in total. The largest absolute Gasteiger partial charge is 0.353 e. The first kappa shape index (κ1) is 13.4. The first-order valence-electron chi connectivity index (χ1n) is 6.43. The van der Waals surface area contributed by atoms with Crippen molar-refractivity contribution in [1.29, 1.82) is 0 Å². The van der Waals surface area contributed by atoms with Crippen molar-refractivity contribution in [3.8, 4) is 0 Å². The summed E-state index contributed by atoms with van der Waals surface area (Å²) in [5, 5.41) is 6.15. The molecule has 98 valence electrons. The molecule has 0 spiro atoms. The zero-order valence-electron chi connectivity index (χ0n) is 10.7. The van der Waals surface area contributed by atoms with Gasteiger partial charge in [0.15, 0.2) is 0 Å². The maximum Gasteiger partial charge on any atom is 0.221 e. The molecule has 18 heavy (non-hydrogen) atoms. The van der Waals surface area contributed by atoms with Gasteiger partial charge in [0.05, 0.1) is 0 Å². The molecule has 0 radical (unpaired) electrons. The lowest BCUT2D eigenvalue weighted by molar-refractivity contribution is -0.120. The van der Waals surface area contributed by atoms with Crippen LogP contribution in [0.15, 0.2) is 29.2 Å². The van der Waals surface area contributed by atoms with Gasteiger partial charge in [0, 0.05) is 29.7 Å². The summed E-state index contributed by atoms with van der Waals surface area (Å²) in [6.45, 7) is 0.885. The van der Waals surface area contributed by atoms with Gasteiger partial charge >= 0.3 is 0 Å².